The second-order valence-corrected chi connectivity index (χ2v) is 3.66. The van der Waals surface area contributed by atoms with Crippen molar-refractivity contribution in [3.8, 4) is 0 Å². The second kappa shape index (κ2) is 3.46. The molecule has 0 saturated carbocycles. The summed E-state index contributed by atoms with van der Waals surface area (Å²) in [4.78, 5) is 2.22. The first-order valence-corrected chi connectivity index (χ1v) is 4.73. The molecule has 1 aromatic carbocycles. The van der Waals surface area contributed by atoms with Gasteiger partial charge in [-0.2, -0.15) is 0 Å². The minimum absolute atomic E-state index is 0.0683. The fourth-order valence-electron chi connectivity index (χ4n) is 2.05. The van der Waals surface area contributed by atoms with Crippen LogP contribution >= 0.6 is 0 Å². The van der Waals surface area contributed by atoms with Crippen LogP contribution in [0.25, 0.3) is 0 Å². The van der Waals surface area contributed by atoms with Crippen LogP contribution in [-0.2, 0) is 0 Å². The van der Waals surface area contributed by atoms with E-state index >= 15 is 0 Å². The fraction of sp³-hybridized carbons (Fsp3) is 0.455. The molecule has 0 aromatic heterocycles. The van der Waals surface area contributed by atoms with Gasteiger partial charge in [0.15, 0.2) is 0 Å². The van der Waals surface area contributed by atoms with Crippen LogP contribution in [0.15, 0.2) is 24.3 Å². The monoisotopic (exact) mass is 179 g/mol. The summed E-state index contributed by atoms with van der Waals surface area (Å²) in [5, 5.41) is 0. The van der Waals surface area contributed by atoms with Crippen molar-refractivity contribution in [2.24, 2.45) is 0 Å². The zero-order valence-electron chi connectivity index (χ0n) is 7.83. The molecule has 0 radical (unpaired) electrons. The number of rotatable bonds is 1. The highest BCUT2D eigenvalue weighted by atomic mass is 19.1. The first kappa shape index (κ1) is 8.70. The minimum atomic E-state index is -0.0683. The Morgan fingerprint density at radius 3 is 2.77 bits per heavy atom. The molecule has 0 bridgehead atoms. The lowest BCUT2D eigenvalue weighted by Gasteiger charge is -2.19. The maximum Gasteiger partial charge on any atom is 0.127 e. The van der Waals surface area contributed by atoms with Crippen molar-refractivity contribution >= 4 is 0 Å². The lowest BCUT2D eigenvalue weighted by molar-refractivity contribution is 0.310. The summed E-state index contributed by atoms with van der Waals surface area (Å²) in [6.45, 7) is 1.08. The van der Waals surface area contributed by atoms with E-state index in [1.165, 1.54) is 6.42 Å². The quantitative estimate of drug-likeness (QED) is 0.640. The van der Waals surface area contributed by atoms with Crippen LogP contribution < -0.4 is 0 Å². The Hall–Kier alpha value is -0.890. The molecule has 1 unspecified atom stereocenters. The van der Waals surface area contributed by atoms with E-state index in [-0.39, 0.29) is 5.82 Å². The first-order valence-electron chi connectivity index (χ1n) is 4.73. The molecule has 1 aliphatic heterocycles. The zero-order valence-corrected chi connectivity index (χ0v) is 7.83. The molecular formula is C11H14FN. The first-order chi connectivity index (χ1) is 6.29. The molecule has 0 amide bonds. The van der Waals surface area contributed by atoms with E-state index in [0.717, 1.165) is 18.5 Å². The number of benzene rings is 1. The van der Waals surface area contributed by atoms with Crippen molar-refractivity contribution in [3.05, 3.63) is 35.6 Å². The third kappa shape index (κ3) is 1.59. The van der Waals surface area contributed by atoms with E-state index in [4.69, 9.17) is 0 Å². The van der Waals surface area contributed by atoms with E-state index < -0.39 is 0 Å². The van der Waals surface area contributed by atoms with Gasteiger partial charge in [-0.15, -0.1) is 0 Å². The molecule has 13 heavy (non-hydrogen) atoms. The number of likely N-dealkylation sites (tertiary alicyclic amines) is 1. The van der Waals surface area contributed by atoms with Gasteiger partial charge in [0.1, 0.15) is 5.82 Å². The van der Waals surface area contributed by atoms with E-state index in [0.29, 0.717) is 6.04 Å². The van der Waals surface area contributed by atoms with Crippen molar-refractivity contribution in [2.45, 2.75) is 18.9 Å². The van der Waals surface area contributed by atoms with Crippen molar-refractivity contribution < 1.29 is 4.39 Å². The van der Waals surface area contributed by atoms with Gasteiger partial charge in [-0.05, 0) is 32.5 Å². The lowest BCUT2D eigenvalue weighted by Crippen LogP contribution is -2.18. The molecule has 1 heterocycles. The summed E-state index contributed by atoms with van der Waals surface area (Å²) >= 11 is 0. The molecule has 1 aliphatic rings. The Bertz CT molecular complexity index is 298. The maximum absolute atomic E-state index is 13.4. The van der Waals surface area contributed by atoms with E-state index in [9.17, 15) is 4.39 Å². The minimum Gasteiger partial charge on any atom is -0.299 e. The largest absolute Gasteiger partial charge is 0.299 e. The molecule has 0 spiro atoms. The topological polar surface area (TPSA) is 3.24 Å². The molecular weight excluding hydrogens is 165 g/mol. The summed E-state index contributed by atoms with van der Waals surface area (Å²) in [6, 6.07) is 7.38. The number of hydrogen-bond acceptors (Lipinski definition) is 1. The SMILES string of the molecule is CN1CCCC1c1ccccc1F. The van der Waals surface area contributed by atoms with Crippen LogP contribution in [-0.4, -0.2) is 18.5 Å². The van der Waals surface area contributed by atoms with Crippen LogP contribution in [0.4, 0.5) is 4.39 Å². The summed E-state index contributed by atoms with van der Waals surface area (Å²) in [7, 11) is 2.06. The Labute approximate surface area is 78.2 Å². The van der Waals surface area contributed by atoms with Crippen molar-refractivity contribution in [3.63, 3.8) is 0 Å². The summed E-state index contributed by atoms with van der Waals surface area (Å²) < 4.78 is 13.4. The van der Waals surface area contributed by atoms with Crippen LogP contribution in [0, 0.1) is 5.82 Å². The molecule has 1 nitrogen and oxygen atoms in total. The van der Waals surface area contributed by atoms with E-state index in [1.807, 2.05) is 12.1 Å². The Morgan fingerprint density at radius 1 is 1.38 bits per heavy atom. The molecule has 0 aliphatic carbocycles. The third-order valence-electron chi connectivity index (χ3n) is 2.78. The van der Waals surface area contributed by atoms with Gasteiger partial charge in [-0.3, -0.25) is 4.90 Å². The van der Waals surface area contributed by atoms with Gasteiger partial charge in [0, 0.05) is 11.6 Å². The molecule has 1 atom stereocenters. The smallest absolute Gasteiger partial charge is 0.127 e. The maximum atomic E-state index is 13.4. The van der Waals surface area contributed by atoms with Crippen LogP contribution in [0.2, 0.25) is 0 Å². The average Bonchev–Trinajstić information content (AvgIpc) is 2.52. The van der Waals surface area contributed by atoms with Crippen LogP contribution in [0.3, 0.4) is 0 Å². The Morgan fingerprint density at radius 2 is 2.15 bits per heavy atom. The van der Waals surface area contributed by atoms with Crippen molar-refractivity contribution in [1.29, 1.82) is 0 Å². The summed E-state index contributed by atoms with van der Waals surface area (Å²) in [5.41, 5.74) is 0.850. The zero-order chi connectivity index (χ0) is 9.26. The van der Waals surface area contributed by atoms with Crippen LogP contribution in [0.1, 0.15) is 24.4 Å². The van der Waals surface area contributed by atoms with Gasteiger partial charge in [0.05, 0.1) is 0 Å². The van der Waals surface area contributed by atoms with E-state index in [1.54, 1.807) is 12.1 Å². The average molecular weight is 179 g/mol. The number of halogens is 1. The standard InChI is InChI=1S/C11H14FN/c1-13-8-4-7-11(13)9-5-2-3-6-10(9)12/h2-3,5-6,11H,4,7-8H2,1H3. The number of hydrogen-bond donors (Lipinski definition) is 0. The second-order valence-electron chi connectivity index (χ2n) is 3.66. The molecule has 1 fully saturated rings. The normalized spacial score (nSPS) is 23.7. The summed E-state index contributed by atoms with van der Waals surface area (Å²) in [6.07, 6.45) is 2.26. The van der Waals surface area contributed by atoms with Gasteiger partial charge >= 0.3 is 0 Å². The van der Waals surface area contributed by atoms with Gasteiger partial charge in [0.25, 0.3) is 0 Å². The molecule has 1 saturated heterocycles. The highest BCUT2D eigenvalue weighted by molar-refractivity contribution is 5.21. The molecule has 2 rings (SSSR count). The highest BCUT2D eigenvalue weighted by Crippen LogP contribution is 2.31. The Balaban J connectivity index is 2.29. The van der Waals surface area contributed by atoms with Gasteiger partial charge in [0.2, 0.25) is 0 Å². The van der Waals surface area contributed by atoms with Gasteiger partial charge in [-0.25, -0.2) is 4.39 Å². The van der Waals surface area contributed by atoms with Crippen LogP contribution in [0.5, 0.6) is 0 Å². The molecule has 1 aromatic rings. The predicted octanol–water partition coefficient (Wildman–Crippen LogP) is 2.59. The number of nitrogens with zero attached hydrogens (tertiary/aromatic N) is 1. The predicted molar refractivity (Wildman–Crippen MR) is 51.0 cm³/mol. The molecule has 70 valence electrons. The summed E-state index contributed by atoms with van der Waals surface area (Å²) in [5.74, 6) is -0.0683. The third-order valence-corrected chi connectivity index (χ3v) is 2.78. The van der Waals surface area contributed by atoms with Crippen molar-refractivity contribution in [2.75, 3.05) is 13.6 Å². The lowest BCUT2D eigenvalue weighted by atomic mass is 10.0. The highest BCUT2D eigenvalue weighted by Gasteiger charge is 2.24. The molecule has 0 N–H and O–H groups in total. The Kier molecular flexibility index (Phi) is 2.32. The van der Waals surface area contributed by atoms with Gasteiger partial charge < -0.3 is 0 Å². The van der Waals surface area contributed by atoms with Crippen molar-refractivity contribution in [1.82, 2.24) is 4.90 Å². The molecule has 2 heteroatoms. The fourth-order valence-corrected chi connectivity index (χ4v) is 2.05. The van der Waals surface area contributed by atoms with E-state index in [2.05, 4.69) is 11.9 Å². The van der Waals surface area contributed by atoms with Gasteiger partial charge in [-0.1, -0.05) is 18.2 Å².